The van der Waals surface area contributed by atoms with Gasteiger partial charge in [0.1, 0.15) is 0 Å². The van der Waals surface area contributed by atoms with Crippen molar-refractivity contribution in [3.8, 4) is 0 Å². The van der Waals surface area contributed by atoms with E-state index in [0.29, 0.717) is 32.5 Å². The highest BCUT2D eigenvalue weighted by molar-refractivity contribution is 8.03. The first-order chi connectivity index (χ1) is 14.5. The number of hydrogen-bond donors (Lipinski definition) is 0. The molecule has 0 unspecified atom stereocenters. The van der Waals surface area contributed by atoms with Crippen LogP contribution in [0.3, 0.4) is 0 Å². The Kier molecular flexibility index (Phi) is 5.80. The average molecular weight is 434 g/mol. The van der Waals surface area contributed by atoms with E-state index < -0.39 is 0 Å². The lowest BCUT2D eigenvalue weighted by atomic mass is 10.1. The van der Waals surface area contributed by atoms with Gasteiger partial charge in [0, 0.05) is 10.8 Å². The fourth-order valence-electron chi connectivity index (χ4n) is 3.44. The Balaban J connectivity index is 1.77. The number of carbonyl (C=O) groups is 2. The minimum absolute atomic E-state index is 0.278. The topological polar surface area (TPSA) is 37.4 Å². The van der Waals surface area contributed by atoms with Gasteiger partial charge in [0.05, 0.1) is 16.2 Å². The highest BCUT2D eigenvalue weighted by atomic mass is 35.5. The molecule has 3 aromatic rings. The van der Waals surface area contributed by atoms with E-state index in [0.717, 1.165) is 16.7 Å². The van der Waals surface area contributed by atoms with Crippen molar-refractivity contribution in [3.63, 3.8) is 0 Å². The summed E-state index contributed by atoms with van der Waals surface area (Å²) < 4.78 is 0. The summed E-state index contributed by atoms with van der Waals surface area (Å²) in [5, 5.41) is 0.584. The molecule has 1 aliphatic heterocycles. The number of carbonyl (C=O) groups excluding carboxylic acids is 2. The van der Waals surface area contributed by atoms with Crippen molar-refractivity contribution in [2.45, 2.75) is 19.6 Å². The van der Waals surface area contributed by atoms with Gasteiger partial charge in [0.2, 0.25) is 0 Å². The third-order valence-electron chi connectivity index (χ3n) is 5.22. The van der Waals surface area contributed by atoms with Crippen molar-refractivity contribution in [2.75, 3.05) is 4.90 Å². The zero-order valence-corrected chi connectivity index (χ0v) is 18.3. The number of anilines is 1. The van der Waals surface area contributed by atoms with E-state index in [-0.39, 0.29) is 11.8 Å². The van der Waals surface area contributed by atoms with Crippen LogP contribution in [0, 0.1) is 13.8 Å². The van der Waals surface area contributed by atoms with Gasteiger partial charge in [-0.1, -0.05) is 66.2 Å². The van der Waals surface area contributed by atoms with Crippen LogP contribution in [0.5, 0.6) is 0 Å². The van der Waals surface area contributed by atoms with Crippen LogP contribution < -0.4 is 4.90 Å². The lowest BCUT2D eigenvalue weighted by Crippen LogP contribution is -2.32. The molecule has 0 spiro atoms. The molecule has 0 aliphatic carbocycles. The number of halogens is 1. The Morgan fingerprint density at radius 1 is 0.833 bits per heavy atom. The quantitative estimate of drug-likeness (QED) is 0.451. The molecule has 4 rings (SSSR count). The maximum Gasteiger partial charge on any atom is 0.272 e. The molecule has 0 saturated carbocycles. The van der Waals surface area contributed by atoms with Gasteiger partial charge in [-0.2, -0.15) is 0 Å². The molecule has 0 radical (unpaired) electrons. The van der Waals surface area contributed by atoms with Gasteiger partial charge in [-0.25, -0.2) is 4.90 Å². The minimum atomic E-state index is -0.299. The Labute approximate surface area is 185 Å². The molecule has 0 aromatic heterocycles. The van der Waals surface area contributed by atoms with Crippen LogP contribution >= 0.6 is 23.4 Å². The van der Waals surface area contributed by atoms with Crippen molar-refractivity contribution >= 4 is 46.4 Å². The summed E-state index contributed by atoms with van der Waals surface area (Å²) in [4.78, 5) is 28.7. The summed E-state index contributed by atoms with van der Waals surface area (Å²) in [6.07, 6.45) is 0. The molecule has 0 N–H and O–H groups in total. The van der Waals surface area contributed by atoms with Crippen molar-refractivity contribution in [1.82, 2.24) is 0 Å². The lowest BCUT2D eigenvalue weighted by Gasteiger charge is -2.19. The van der Waals surface area contributed by atoms with E-state index in [1.165, 1.54) is 16.7 Å². The zero-order valence-electron chi connectivity index (χ0n) is 16.7. The Morgan fingerprint density at radius 2 is 1.53 bits per heavy atom. The molecular formula is C25H20ClNO2S. The number of rotatable bonds is 5. The largest absolute Gasteiger partial charge is 0.272 e. The molecule has 0 fully saturated rings. The summed E-state index contributed by atoms with van der Waals surface area (Å²) in [5.74, 6) is 0.0265. The number of benzene rings is 3. The zero-order chi connectivity index (χ0) is 21.3. The van der Waals surface area contributed by atoms with Crippen LogP contribution in [0.15, 0.2) is 77.7 Å². The number of nitrogens with zero attached hydrogens (tertiary/aromatic N) is 1. The van der Waals surface area contributed by atoms with Crippen molar-refractivity contribution in [2.24, 2.45) is 0 Å². The van der Waals surface area contributed by atoms with E-state index in [4.69, 9.17) is 11.6 Å². The van der Waals surface area contributed by atoms with Gasteiger partial charge in [0.15, 0.2) is 0 Å². The van der Waals surface area contributed by atoms with Crippen LogP contribution in [-0.4, -0.2) is 11.8 Å². The second-order valence-corrected chi connectivity index (χ2v) is 8.57. The number of thioether (sulfide) groups is 1. The first-order valence-electron chi connectivity index (χ1n) is 9.59. The second-order valence-electron chi connectivity index (χ2n) is 7.15. The Hall–Kier alpha value is -2.82. The maximum atomic E-state index is 13.5. The molecular weight excluding hydrogens is 414 g/mol. The SMILES string of the molecule is Cc1cccc(N2C(=O)C(SCc3ccccc3)=C(c3ccc(Cl)cc3)C2=O)c1C. The number of imide groups is 1. The molecule has 0 saturated heterocycles. The summed E-state index contributed by atoms with van der Waals surface area (Å²) in [5.41, 5.74) is 4.80. The highest BCUT2D eigenvalue weighted by Gasteiger charge is 2.40. The molecule has 0 atom stereocenters. The van der Waals surface area contributed by atoms with Crippen molar-refractivity contribution < 1.29 is 9.59 Å². The molecule has 30 heavy (non-hydrogen) atoms. The van der Waals surface area contributed by atoms with E-state index >= 15 is 0 Å². The molecule has 3 nitrogen and oxygen atoms in total. The van der Waals surface area contributed by atoms with E-state index in [1.807, 2.05) is 62.4 Å². The van der Waals surface area contributed by atoms with Gasteiger partial charge in [-0.05, 0) is 54.3 Å². The third-order valence-corrected chi connectivity index (χ3v) is 6.61. The van der Waals surface area contributed by atoms with Crippen LogP contribution in [0.4, 0.5) is 5.69 Å². The molecule has 5 heteroatoms. The van der Waals surface area contributed by atoms with E-state index in [9.17, 15) is 9.59 Å². The van der Waals surface area contributed by atoms with Gasteiger partial charge >= 0.3 is 0 Å². The van der Waals surface area contributed by atoms with Gasteiger partial charge in [-0.3, -0.25) is 9.59 Å². The molecule has 0 bridgehead atoms. The third kappa shape index (κ3) is 3.81. The Morgan fingerprint density at radius 3 is 2.23 bits per heavy atom. The lowest BCUT2D eigenvalue weighted by molar-refractivity contribution is -0.119. The standard InChI is InChI=1S/C25H20ClNO2S/c1-16-7-6-10-21(17(16)2)27-24(28)22(19-11-13-20(26)14-12-19)23(25(27)29)30-15-18-8-4-3-5-9-18/h3-14H,15H2,1-2H3. The number of amides is 2. The predicted octanol–water partition coefficient (Wildman–Crippen LogP) is 6.17. The maximum absolute atomic E-state index is 13.5. The first-order valence-corrected chi connectivity index (χ1v) is 11.0. The van der Waals surface area contributed by atoms with Crippen molar-refractivity contribution in [3.05, 3.63) is 105 Å². The summed E-state index contributed by atoms with van der Waals surface area (Å²) in [7, 11) is 0. The van der Waals surface area contributed by atoms with Gasteiger partial charge in [-0.15, -0.1) is 11.8 Å². The fourth-order valence-corrected chi connectivity index (χ4v) is 4.63. The predicted molar refractivity (Wildman–Crippen MR) is 125 cm³/mol. The normalized spacial score (nSPS) is 14.0. The van der Waals surface area contributed by atoms with Gasteiger partial charge in [0.25, 0.3) is 11.8 Å². The minimum Gasteiger partial charge on any atom is -0.268 e. The molecule has 2 amide bonds. The van der Waals surface area contributed by atoms with Crippen LogP contribution in [-0.2, 0) is 15.3 Å². The summed E-state index contributed by atoms with van der Waals surface area (Å²) >= 11 is 7.44. The Bertz CT molecular complexity index is 1150. The summed E-state index contributed by atoms with van der Waals surface area (Å²) in [6, 6.07) is 22.6. The van der Waals surface area contributed by atoms with E-state index in [2.05, 4.69) is 0 Å². The van der Waals surface area contributed by atoms with Crippen LogP contribution in [0.25, 0.3) is 5.57 Å². The number of hydrogen-bond acceptors (Lipinski definition) is 3. The molecule has 1 heterocycles. The van der Waals surface area contributed by atoms with Crippen molar-refractivity contribution in [1.29, 1.82) is 0 Å². The summed E-state index contributed by atoms with van der Waals surface area (Å²) in [6.45, 7) is 3.91. The van der Waals surface area contributed by atoms with E-state index in [1.54, 1.807) is 24.3 Å². The highest BCUT2D eigenvalue weighted by Crippen LogP contribution is 2.40. The van der Waals surface area contributed by atoms with Gasteiger partial charge < -0.3 is 0 Å². The monoisotopic (exact) mass is 433 g/mol. The molecule has 150 valence electrons. The fraction of sp³-hybridized carbons (Fsp3) is 0.120. The van der Waals surface area contributed by atoms with Crippen LogP contribution in [0.2, 0.25) is 5.02 Å². The second kappa shape index (κ2) is 8.50. The van der Waals surface area contributed by atoms with Crippen LogP contribution in [0.1, 0.15) is 22.3 Å². The smallest absolute Gasteiger partial charge is 0.268 e. The molecule has 1 aliphatic rings. The molecule has 3 aromatic carbocycles. The number of aryl methyl sites for hydroxylation is 1. The average Bonchev–Trinajstić information content (AvgIpc) is 2.99. The first kappa shape index (κ1) is 20.5.